The Kier molecular flexibility index (Phi) is 7.18. The molecule has 32 heavy (non-hydrogen) atoms. The number of allylic oxidation sites excluding steroid dienone is 1. The molecule has 8 nitrogen and oxygen atoms in total. The van der Waals surface area contributed by atoms with Crippen molar-refractivity contribution in [3.05, 3.63) is 35.2 Å². The lowest BCUT2D eigenvalue weighted by Crippen LogP contribution is -3.14. The Morgan fingerprint density at radius 3 is 2.81 bits per heavy atom. The SMILES string of the molecule is CCOc1cc([C@@H]2C(C#N)=C(N)O[C@@H]3CCCC(=O)[C@H]32)ccc1OCC[NH+]1CCOCC1. The number of nitrogens with one attached hydrogen (secondary N) is 1. The van der Waals surface area contributed by atoms with Crippen molar-refractivity contribution in [1.29, 1.82) is 5.26 Å². The average Bonchev–Trinajstić information content (AvgIpc) is 2.80. The molecule has 2 aliphatic heterocycles. The first-order valence-corrected chi connectivity index (χ1v) is 11.5. The molecule has 3 N–H and O–H groups in total. The molecule has 4 rings (SSSR count). The molecule has 0 bridgehead atoms. The maximum Gasteiger partial charge on any atom is 0.199 e. The summed E-state index contributed by atoms with van der Waals surface area (Å²) in [4.78, 5) is 14.3. The number of hydrogen-bond donors (Lipinski definition) is 2. The molecule has 0 unspecified atom stereocenters. The number of nitrogens with zero attached hydrogens (tertiary/aromatic N) is 1. The van der Waals surface area contributed by atoms with Gasteiger partial charge in [0.1, 0.15) is 44.2 Å². The van der Waals surface area contributed by atoms with E-state index in [0.29, 0.717) is 36.7 Å². The first-order chi connectivity index (χ1) is 15.6. The first kappa shape index (κ1) is 22.4. The maximum absolute atomic E-state index is 12.8. The third kappa shape index (κ3) is 4.69. The Labute approximate surface area is 188 Å². The molecule has 0 radical (unpaired) electrons. The summed E-state index contributed by atoms with van der Waals surface area (Å²) in [6.07, 6.45) is 1.75. The molecule has 3 aliphatic rings. The molecule has 1 aromatic carbocycles. The number of rotatable bonds is 7. The van der Waals surface area contributed by atoms with E-state index in [-0.39, 0.29) is 17.8 Å². The molecule has 172 valence electrons. The van der Waals surface area contributed by atoms with Gasteiger partial charge in [-0.05, 0) is 37.5 Å². The summed E-state index contributed by atoms with van der Waals surface area (Å²) in [6, 6.07) is 7.86. The van der Waals surface area contributed by atoms with Gasteiger partial charge < -0.3 is 29.6 Å². The van der Waals surface area contributed by atoms with Crippen LogP contribution in [0.2, 0.25) is 0 Å². The summed E-state index contributed by atoms with van der Waals surface area (Å²) in [5.41, 5.74) is 7.23. The van der Waals surface area contributed by atoms with Crippen LogP contribution in [0.4, 0.5) is 0 Å². The largest absolute Gasteiger partial charge is 0.490 e. The van der Waals surface area contributed by atoms with Gasteiger partial charge in [-0.2, -0.15) is 5.26 Å². The minimum absolute atomic E-state index is 0.123. The number of carbonyl (C=O) groups excluding carboxylic acids is 1. The second kappa shape index (κ2) is 10.2. The maximum atomic E-state index is 12.8. The van der Waals surface area contributed by atoms with Gasteiger partial charge in [0.05, 0.1) is 31.3 Å². The van der Waals surface area contributed by atoms with Gasteiger partial charge >= 0.3 is 0 Å². The number of morpholine rings is 1. The van der Waals surface area contributed by atoms with Gasteiger partial charge in [0.25, 0.3) is 0 Å². The van der Waals surface area contributed by atoms with Crippen LogP contribution in [0.15, 0.2) is 29.7 Å². The zero-order chi connectivity index (χ0) is 22.5. The van der Waals surface area contributed by atoms with Gasteiger partial charge in [0.15, 0.2) is 17.4 Å². The highest BCUT2D eigenvalue weighted by molar-refractivity contribution is 5.84. The van der Waals surface area contributed by atoms with Crippen molar-refractivity contribution in [3.63, 3.8) is 0 Å². The topological polar surface area (TPSA) is 108 Å². The quantitative estimate of drug-likeness (QED) is 0.647. The van der Waals surface area contributed by atoms with Crippen molar-refractivity contribution in [2.24, 2.45) is 11.7 Å². The summed E-state index contributed by atoms with van der Waals surface area (Å²) >= 11 is 0. The number of hydrogen-bond acceptors (Lipinski definition) is 7. The Hall–Kier alpha value is -2.76. The van der Waals surface area contributed by atoms with E-state index >= 15 is 0 Å². The standard InChI is InChI=1S/C24H31N3O5/c1-2-30-21-14-16(6-7-19(21)31-13-10-27-8-11-29-12-9-27)22-17(15-25)24(26)32-20-5-3-4-18(28)23(20)22/h6-7,14,20,22-23H,2-5,8-13,26H2,1H3/p+1/t20-,22-,23-/m1/s1. The third-order valence-corrected chi connectivity index (χ3v) is 6.56. The number of carbonyl (C=O) groups is 1. The van der Waals surface area contributed by atoms with Crippen LogP contribution in [0.1, 0.15) is 37.7 Å². The van der Waals surface area contributed by atoms with Gasteiger partial charge in [0.2, 0.25) is 0 Å². The van der Waals surface area contributed by atoms with Crippen LogP contribution >= 0.6 is 0 Å². The van der Waals surface area contributed by atoms with Crippen LogP contribution in [0, 0.1) is 17.2 Å². The monoisotopic (exact) mass is 442 g/mol. The molecule has 0 aromatic heterocycles. The highest BCUT2D eigenvalue weighted by Crippen LogP contribution is 2.46. The summed E-state index contributed by atoms with van der Waals surface area (Å²) < 4.78 is 23.1. The van der Waals surface area contributed by atoms with E-state index in [1.165, 1.54) is 4.90 Å². The lowest BCUT2D eigenvalue weighted by atomic mass is 9.70. The van der Waals surface area contributed by atoms with Crippen LogP contribution in [0.25, 0.3) is 0 Å². The van der Waals surface area contributed by atoms with Crippen LogP contribution in [0.5, 0.6) is 11.5 Å². The average molecular weight is 443 g/mol. The molecule has 8 heteroatoms. The van der Waals surface area contributed by atoms with Crippen molar-refractivity contribution in [3.8, 4) is 17.6 Å². The lowest BCUT2D eigenvalue weighted by Gasteiger charge is -2.40. The van der Waals surface area contributed by atoms with Gasteiger partial charge in [-0.25, -0.2) is 0 Å². The van der Waals surface area contributed by atoms with E-state index in [4.69, 9.17) is 24.7 Å². The molecule has 0 amide bonds. The Morgan fingerprint density at radius 2 is 2.06 bits per heavy atom. The third-order valence-electron chi connectivity index (χ3n) is 6.56. The predicted molar refractivity (Wildman–Crippen MR) is 116 cm³/mol. The Bertz CT molecular complexity index is 903. The highest BCUT2D eigenvalue weighted by atomic mass is 16.5. The number of nitriles is 1. The number of fused-ring (bicyclic) bond motifs is 1. The number of ether oxygens (including phenoxy) is 4. The summed E-state index contributed by atoms with van der Waals surface area (Å²) in [7, 11) is 0. The smallest absolute Gasteiger partial charge is 0.199 e. The lowest BCUT2D eigenvalue weighted by molar-refractivity contribution is -0.908. The number of nitrogens with two attached hydrogens (primary N) is 1. The van der Waals surface area contributed by atoms with E-state index in [0.717, 1.165) is 51.3 Å². The zero-order valence-corrected chi connectivity index (χ0v) is 18.6. The molecular weight excluding hydrogens is 410 g/mol. The molecule has 1 saturated heterocycles. The summed E-state index contributed by atoms with van der Waals surface area (Å²) in [5.74, 6) is 0.689. The highest BCUT2D eigenvalue weighted by Gasteiger charge is 2.46. The Balaban J connectivity index is 1.57. The normalized spacial score (nSPS) is 26.1. The van der Waals surface area contributed by atoms with Gasteiger partial charge in [0, 0.05) is 12.3 Å². The number of ketones is 1. The molecule has 2 heterocycles. The van der Waals surface area contributed by atoms with Gasteiger partial charge in [-0.1, -0.05) is 6.07 Å². The van der Waals surface area contributed by atoms with Crippen molar-refractivity contribution >= 4 is 5.78 Å². The molecule has 1 saturated carbocycles. The minimum atomic E-state index is -0.433. The fourth-order valence-electron chi connectivity index (χ4n) is 4.94. The van der Waals surface area contributed by atoms with Gasteiger partial charge in [-0.3, -0.25) is 4.79 Å². The second-order valence-electron chi connectivity index (χ2n) is 8.51. The molecule has 1 aromatic rings. The van der Waals surface area contributed by atoms with Crippen molar-refractivity contribution in [1.82, 2.24) is 0 Å². The van der Waals surface area contributed by atoms with E-state index in [1.54, 1.807) is 0 Å². The van der Waals surface area contributed by atoms with Crippen LogP contribution < -0.4 is 20.1 Å². The molecule has 2 fully saturated rings. The van der Waals surface area contributed by atoms with Crippen LogP contribution in [-0.2, 0) is 14.3 Å². The van der Waals surface area contributed by atoms with Crippen molar-refractivity contribution < 1.29 is 28.6 Å². The minimum Gasteiger partial charge on any atom is -0.490 e. The molecule has 3 atom stereocenters. The second-order valence-corrected chi connectivity index (χ2v) is 8.51. The number of quaternary nitrogens is 1. The van der Waals surface area contributed by atoms with Crippen molar-refractivity contribution in [2.75, 3.05) is 46.1 Å². The zero-order valence-electron chi connectivity index (χ0n) is 18.6. The van der Waals surface area contributed by atoms with Crippen LogP contribution in [0.3, 0.4) is 0 Å². The van der Waals surface area contributed by atoms with E-state index in [2.05, 4.69) is 6.07 Å². The van der Waals surface area contributed by atoms with E-state index < -0.39 is 11.8 Å². The Morgan fingerprint density at radius 1 is 1.25 bits per heavy atom. The summed E-state index contributed by atoms with van der Waals surface area (Å²) in [5, 5.41) is 9.79. The fourth-order valence-corrected chi connectivity index (χ4v) is 4.94. The molecule has 0 spiro atoms. The fraction of sp³-hybridized carbons (Fsp3) is 0.583. The first-order valence-electron chi connectivity index (χ1n) is 11.5. The number of Topliss-reactive ketones (excluding diaryl/α,β-unsaturated/α-hetero) is 1. The van der Waals surface area contributed by atoms with Crippen LogP contribution in [-0.4, -0.2) is 57.9 Å². The number of benzene rings is 1. The summed E-state index contributed by atoms with van der Waals surface area (Å²) in [6.45, 7) is 7.43. The van der Waals surface area contributed by atoms with Crippen molar-refractivity contribution in [2.45, 2.75) is 38.2 Å². The van der Waals surface area contributed by atoms with E-state index in [1.807, 2.05) is 25.1 Å². The predicted octanol–water partition coefficient (Wildman–Crippen LogP) is 0.925. The van der Waals surface area contributed by atoms with E-state index in [9.17, 15) is 10.1 Å². The molecule has 1 aliphatic carbocycles. The molecular formula is C24H32N3O5+. The van der Waals surface area contributed by atoms with Gasteiger partial charge in [-0.15, -0.1) is 0 Å².